The van der Waals surface area contributed by atoms with E-state index >= 15 is 0 Å². The highest BCUT2D eigenvalue weighted by Crippen LogP contribution is 2.23. The first-order valence-electron chi connectivity index (χ1n) is 9.15. The molecule has 0 fully saturated rings. The maximum Gasteiger partial charge on any atom is 0.255 e. The minimum atomic E-state index is -3.26. The molecule has 0 atom stereocenters. The van der Waals surface area contributed by atoms with Crippen LogP contribution in [0.3, 0.4) is 0 Å². The molecule has 2 aromatic heterocycles. The highest BCUT2D eigenvalue weighted by molar-refractivity contribution is 7.98. The van der Waals surface area contributed by atoms with Gasteiger partial charge in [-0.05, 0) is 60.7 Å². The van der Waals surface area contributed by atoms with Gasteiger partial charge in [-0.3, -0.25) is 4.79 Å². The average Bonchev–Trinajstić information content (AvgIpc) is 3.15. The number of pyridine rings is 1. The summed E-state index contributed by atoms with van der Waals surface area (Å²) >= 11 is 1.65. The fraction of sp³-hybridized carbons (Fsp3) is 0.0909. The van der Waals surface area contributed by atoms with Crippen LogP contribution >= 0.6 is 11.8 Å². The standard InChI is InChI=1S/C22H19N3O3S2/c1-30(27,28)20-11-7-17(8-12-20)24-22(26)16-5-9-19(10-6-16)29-15-18-14-25-13-3-2-4-21(25)23-18/h2-14H,15H2,1H3,(H,24,26). The van der Waals surface area contributed by atoms with E-state index in [9.17, 15) is 13.2 Å². The molecule has 2 heterocycles. The molecule has 0 unspecified atom stereocenters. The van der Waals surface area contributed by atoms with E-state index in [0.717, 1.165) is 28.2 Å². The number of carbonyl (C=O) groups is 1. The summed E-state index contributed by atoms with van der Waals surface area (Å²) in [6.07, 6.45) is 5.13. The van der Waals surface area contributed by atoms with E-state index in [0.29, 0.717) is 11.3 Å². The van der Waals surface area contributed by atoms with Crippen LogP contribution in [0.25, 0.3) is 5.65 Å². The van der Waals surface area contributed by atoms with E-state index in [2.05, 4.69) is 10.3 Å². The predicted molar refractivity (Wildman–Crippen MR) is 119 cm³/mol. The quantitative estimate of drug-likeness (QED) is 0.455. The van der Waals surface area contributed by atoms with Crippen molar-refractivity contribution in [2.75, 3.05) is 11.6 Å². The van der Waals surface area contributed by atoms with Crippen molar-refractivity contribution in [1.29, 1.82) is 0 Å². The van der Waals surface area contributed by atoms with E-state index in [-0.39, 0.29) is 10.8 Å². The van der Waals surface area contributed by atoms with Crippen molar-refractivity contribution in [2.24, 2.45) is 0 Å². The van der Waals surface area contributed by atoms with Gasteiger partial charge in [0.2, 0.25) is 0 Å². The summed E-state index contributed by atoms with van der Waals surface area (Å²) in [6, 6.07) is 19.4. The minimum absolute atomic E-state index is 0.215. The summed E-state index contributed by atoms with van der Waals surface area (Å²) < 4.78 is 25.0. The predicted octanol–water partition coefficient (Wildman–Crippen LogP) is 4.28. The zero-order valence-corrected chi connectivity index (χ0v) is 17.8. The summed E-state index contributed by atoms with van der Waals surface area (Å²) in [4.78, 5) is 18.3. The number of amides is 1. The second-order valence-corrected chi connectivity index (χ2v) is 9.83. The van der Waals surface area contributed by atoms with E-state index in [1.807, 2.05) is 47.1 Å². The Morgan fingerprint density at radius 1 is 1.03 bits per heavy atom. The fourth-order valence-corrected chi connectivity index (χ4v) is 4.32. The molecule has 1 N–H and O–H groups in total. The number of rotatable bonds is 6. The lowest BCUT2D eigenvalue weighted by atomic mass is 10.2. The van der Waals surface area contributed by atoms with Gasteiger partial charge < -0.3 is 9.72 Å². The monoisotopic (exact) mass is 437 g/mol. The molecule has 0 aliphatic rings. The largest absolute Gasteiger partial charge is 0.322 e. The smallest absolute Gasteiger partial charge is 0.255 e. The number of nitrogens with one attached hydrogen (secondary N) is 1. The molecule has 0 aliphatic heterocycles. The van der Waals surface area contributed by atoms with Crippen molar-refractivity contribution >= 4 is 38.8 Å². The molecule has 4 aromatic rings. The van der Waals surface area contributed by atoms with Crippen LogP contribution in [0, 0.1) is 0 Å². The van der Waals surface area contributed by atoms with Crippen LogP contribution in [-0.2, 0) is 15.6 Å². The van der Waals surface area contributed by atoms with Gasteiger partial charge in [0, 0.05) is 40.5 Å². The third-order valence-corrected chi connectivity index (χ3v) is 6.63. The number of fused-ring (bicyclic) bond motifs is 1. The van der Waals surface area contributed by atoms with Gasteiger partial charge >= 0.3 is 0 Å². The highest BCUT2D eigenvalue weighted by Gasteiger charge is 2.09. The maximum atomic E-state index is 12.4. The van der Waals surface area contributed by atoms with Crippen LogP contribution in [0.4, 0.5) is 5.69 Å². The van der Waals surface area contributed by atoms with Crippen molar-refractivity contribution in [3.8, 4) is 0 Å². The lowest BCUT2D eigenvalue weighted by molar-refractivity contribution is 0.102. The minimum Gasteiger partial charge on any atom is -0.322 e. The zero-order valence-electron chi connectivity index (χ0n) is 16.1. The van der Waals surface area contributed by atoms with Gasteiger partial charge in [-0.15, -0.1) is 11.8 Å². The van der Waals surface area contributed by atoms with Crippen molar-refractivity contribution in [2.45, 2.75) is 15.5 Å². The van der Waals surface area contributed by atoms with Gasteiger partial charge in [-0.2, -0.15) is 0 Å². The molecule has 152 valence electrons. The van der Waals surface area contributed by atoms with Crippen LogP contribution < -0.4 is 5.32 Å². The Morgan fingerprint density at radius 2 is 1.77 bits per heavy atom. The molecule has 0 aliphatic carbocycles. The summed E-state index contributed by atoms with van der Waals surface area (Å²) in [7, 11) is -3.26. The van der Waals surface area contributed by atoms with E-state index in [4.69, 9.17) is 0 Å². The number of imidazole rings is 1. The first-order valence-corrected chi connectivity index (χ1v) is 12.0. The molecular formula is C22H19N3O3S2. The number of thioether (sulfide) groups is 1. The maximum absolute atomic E-state index is 12.4. The van der Waals surface area contributed by atoms with E-state index < -0.39 is 9.84 Å². The van der Waals surface area contributed by atoms with Crippen LogP contribution in [0.5, 0.6) is 0 Å². The molecule has 30 heavy (non-hydrogen) atoms. The van der Waals surface area contributed by atoms with Gasteiger partial charge in [0.05, 0.1) is 10.6 Å². The third kappa shape index (κ3) is 4.72. The Hall–Kier alpha value is -3.10. The van der Waals surface area contributed by atoms with Crippen molar-refractivity contribution in [1.82, 2.24) is 9.38 Å². The molecule has 0 saturated carbocycles. The van der Waals surface area contributed by atoms with Crippen LogP contribution in [-0.4, -0.2) is 30.0 Å². The van der Waals surface area contributed by atoms with Gasteiger partial charge in [0.15, 0.2) is 9.84 Å². The van der Waals surface area contributed by atoms with Gasteiger partial charge in [0.25, 0.3) is 5.91 Å². The van der Waals surface area contributed by atoms with Gasteiger partial charge in [0.1, 0.15) is 5.65 Å². The molecule has 0 saturated heterocycles. The Kier molecular flexibility index (Phi) is 5.61. The summed E-state index contributed by atoms with van der Waals surface area (Å²) in [5.74, 6) is 0.485. The highest BCUT2D eigenvalue weighted by atomic mass is 32.2. The molecule has 0 bridgehead atoms. The molecule has 4 rings (SSSR count). The van der Waals surface area contributed by atoms with Crippen LogP contribution in [0.1, 0.15) is 16.1 Å². The topological polar surface area (TPSA) is 80.5 Å². The number of hydrogen-bond acceptors (Lipinski definition) is 5. The summed E-state index contributed by atoms with van der Waals surface area (Å²) in [5, 5.41) is 2.78. The second kappa shape index (κ2) is 8.33. The first kappa shape index (κ1) is 20.2. The Balaban J connectivity index is 1.37. The van der Waals surface area contributed by atoms with E-state index in [1.165, 1.54) is 12.1 Å². The Morgan fingerprint density at radius 3 is 2.43 bits per heavy atom. The molecule has 6 nitrogen and oxygen atoms in total. The first-order chi connectivity index (χ1) is 14.4. The number of sulfone groups is 1. The Bertz CT molecular complexity index is 1260. The van der Waals surface area contributed by atoms with Crippen molar-refractivity contribution in [3.05, 3.63) is 90.4 Å². The lowest BCUT2D eigenvalue weighted by Crippen LogP contribution is -2.11. The third-order valence-electron chi connectivity index (χ3n) is 4.46. The van der Waals surface area contributed by atoms with Crippen LogP contribution in [0.15, 0.2) is 88.9 Å². The number of benzene rings is 2. The molecule has 2 aromatic carbocycles. The SMILES string of the molecule is CS(=O)(=O)c1ccc(NC(=O)c2ccc(SCc3cn4ccccc4n3)cc2)cc1. The number of aromatic nitrogens is 2. The van der Waals surface area contributed by atoms with Gasteiger partial charge in [-0.1, -0.05) is 6.07 Å². The Labute approximate surface area is 178 Å². The molecule has 8 heteroatoms. The van der Waals surface area contributed by atoms with Crippen molar-refractivity contribution < 1.29 is 13.2 Å². The lowest BCUT2D eigenvalue weighted by Gasteiger charge is -2.07. The number of anilines is 1. The average molecular weight is 438 g/mol. The number of carbonyl (C=O) groups excluding carboxylic acids is 1. The zero-order chi connectivity index (χ0) is 21.1. The molecule has 0 spiro atoms. The second-order valence-electron chi connectivity index (χ2n) is 6.76. The molecular weight excluding hydrogens is 418 g/mol. The summed E-state index contributed by atoms with van der Waals surface area (Å²) in [5.41, 5.74) is 2.98. The normalized spacial score (nSPS) is 11.5. The number of nitrogens with zero attached hydrogens (tertiary/aromatic N) is 2. The van der Waals surface area contributed by atoms with E-state index in [1.54, 1.807) is 36.0 Å². The fourth-order valence-electron chi connectivity index (χ4n) is 2.91. The summed E-state index contributed by atoms with van der Waals surface area (Å²) in [6.45, 7) is 0. The molecule has 0 radical (unpaired) electrons. The van der Waals surface area contributed by atoms with Gasteiger partial charge in [-0.25, -0.2) is 13.4 Å². The number of hydrogen-bond donors (Lipinski definition) is 1. The molecule has 1 amide bonds. The van der Waals surface area contributed by atoms with Crippen molar-refractivity contribution in [3.63, 3.8) is 0 Å². The van der Waals surface area contributed by atoms with Crippen LogP contribution in [0.2, 0.25) is 0 Å².